The third-order valence-electron chi connectivity index (χ3n) is 3.14. The summed E-state index contributed by atoms with van der Waals surface area (Å²) in [4.78, 5) is 2.35. The van der Waals surface area contributed by atoms with Gasteiger partial charge in [-0.2, -0.15) is 0 Å². The summed E-state index contributed by atoms with van der Waals surface area (Å²) in [7, 11) is 2.17. The molecule has 0 radical (unpaired) electrons. The predicted octanol–water partition coefficient (Wildman–Crippen LogP) is 2.50. The van der Waals surface area contributed by atoms with E-state index < -0.39 is 0 Å². The normalized spacial score (nSPS) is 12.7. The molecule has 2 N–H and O–H groups in total. The first-order valence-electron chi connectivity index (χ1n) is 6.87. The van der Waals surface area contributed by atoms with Crippen molar-refractivity contribution in [2.45, 2.75) is 53.1 Å². The maximum Gasteiger partial charge on any atom is 0.0596 e. The standard InChI is InChI=1S/C14H32N2O/c1-13(2)17-12-11-16(5)10-6-7-14(3,4)8-9-15/h13H,6-12,15H2,1-5H3. The summed E-state index contributed by atoms with van der Waals surface area (Å²) in [6.45, 7) is 12.6. The fraction of sp³-hybridized carbons (Fsp3) is 1.00. The summed E-state index contributed by atoms with van der Waals surface area (Å²) < 4.78 is 5.54. The first kappa shape index (κ1) is 16.9. The van der Waals surface area contributed by atoms with Crippen molar-refractivity contribution in [2.24, 2.45) is 11.1 Å². The Labute approximate surface area is 108 Å². The van der Waals surface area contributed by atoms with Gasteiger partial charge in [0.2, 0.25) is 0 Å². The van der Waals surface area contributed by atoms with Crippen LogP contribution in [0.2, 0.25) is 0 Å². The van der Waals surface area contributed by atoms with Crippen molar-refractivity contribution in [3.63, 3.8) is 0 Å². The smallest absolute Gasteiger partial charge is 0.0596 e. The van der Waals surface area contributed by atoms with Crippen LogP contribution in [0.5, 0.6) is 0 Å². The molecule has 3 nitrogen and oxygen atoms in total. The number of hydrogen-bond donors (Lipinski definition) is 1. The lowest BCUT2D eigenvalue weighted by molar-refractivity contribution is 0.0631. The Balaban J connectivity index is 3.53. The first-order chi connectivity index (χ1) is 7.87. The SMILES string of the molecule is CC(C)OCCN(C)CCCC(C)(C)CCN. The first-order valence-corrected chi connectivity index (χ1v) is 6.87. The molecule has 0 unspecified atom stereocenters. The third kappa shape index (κ3) is 10.7. The van der Waals surface area contributed by atoms with Gasteiger partial charge in [0.15, 0.2) is 0 Å². The highest BCUT2D eigenvalue weighted by atomic mass is 16.5. The number of nitrogens with two attached hydrogens (primary N) is 1. The van der Waals surface area contributed by atoms with Crippen molar-refractivity contribution in [2.75, 3.05) is 33.3 Å². The Morgan fingerprint density at radius 2 is 1.82 bits per heavy atom. The number of nitrogens with zero attached hydrogens (tertiary/aromatic N) is 1. The summed E-state index contributed by atoms with van der Waals surface area (Å²) >= 11 is 0. The van der Waals surface area contributed by atoms with E-state index in [1.807, 2.05) is 0 Å². The number of ether oxygens (including phenoxy) is 1. The molecule has 0 aromatic heterocycles. The molecule has 0 saturated carbocycles. The van der Waals surface area contributed by atoms with E-state index in [4.69, 9.17) is 10.5 Å². The van der Waals surface area contributed by atoms with Crippen LogP contribution in [0.4, 0.5) is 0 Å². The fourth-order valence-corrected chi connectivity index (χ4v) is 1.90. The highest BCUT2D eigenvalue weighted by Crippen LogP contribution is 2.25. The average Bonchev–Trinajstić information content (AvgIpc) is 2.16. The van der Waals surface area contributed by atoms with Crippen LogP contribution >= 0.6 is 0 Å². The minimum Gasteiger partial charge on any atom is -0.377 e. The van der Waals surface area contributed by atoms with Gasteiger partial charge in [-0.3, -0.25) is 0 Å². The van der Waals surface area contributed by atoms with Crippen LogP contribution in [0.3, 0.4) is 0 Å². The Hall–Kier alpha value is -0.120. The minimum atomic E-state index is 0.340. The van der Waals surface area contributed by atoms with Crippen LogP contribution < -0.4 is 5.73 Å². The molecular weight excluding hydrogens is 212 g/mol. The maximum absolute atomic E-state index is 5.61. The van der Waals surface area contributed by atoms with Gasteiger partial charge in [-0.25, -0.2) is 0 Å². The topological polar surface area (TPSA) is 38.5 Å². The van der Waals surface area contributed by atoms with E-state index in [9.17, 15) is 0 Å². The van der Waals surface area contributed by atoms with Crippen LogP contribution in [0.1, 0.15) is 47.0 Å². The van der Waals surface area contributed by atoms with Crippen molar-refractivity contribution in [1.82, 2.24) is 4.90 Å². The molecule has 3 heteroatoms. The van der Waals surface area contributed by atoms with Crippen LogP contribution in [-0.4, -0.2) is 44.3 Å². The number of rotatable bonds is 10. The van der Waals surface area contributed by atoms with E-state index in [2.05, 4.69) is 39.6 Å². The van der Waals surface area contributed by atoms with Gasteiger partial charge in [0, 0.05) is 6.54 Å². The van der Waals surface area contributed by atoms with Crippen molar-refractivity contribution in [1.29, 1.82) is 0 Å². The molecule has 0 aliphatic carbocycles. The lowest BCUT2D eigenvalue weighted by Gasteiger charge is -2.25. The van der Waals surface area contributed by atoms with E-state index in [1.54, 1.807) is 0 Å². The van der Waals surface area contributed by atoms with Crippen LogP contribution in [0.15, 0.2) is 0 Å². The van der Waals surface area contributed by atoms with Gasteiger partial charge >= 0.3 is 0 Å². The molecule has 0 aliphatic rings. The van der Waals surface area contributed by atoms with Gasteiger partial charge in [-0.05, 0) is 58.7 Å². The number of hydrogen-bond acceptors (Lipinski definition) is 3. The second-order valence-electron chi connectivity index (χ2n) is 6.03. The third-order valence-corrected chi connectivity index (χ3v) is 3.14. The lowest BCUT2D eigenvalue weighted by atomic mass is 9.84. The Kier molecular flexibility index (Phi) is 8.83. The van der Waals surface area contributed by atoms with Crippen molar-refractivity contribution >= 4 is 0 Å². The van der Waals surface area contributed by atoms with Crippen molar-refractivity contribution in [3.05, 3.63) is 0 Å². The Morgan fingerprint density at radius 1 is 1.18 bits per heavy atom. The predicted molar refractivity (Wildman–Crippen MR) is 75.3 cm³/mol. The van der Waals surface area contributed by atoms with Gasteiger partial charge in [0.25, 0.3) is 0 Å². The molecule has 0 saturated heterocycles. The molecule has 0 aromatic carbocycles. The van der Waals surface area contributed by atoms with E-state index >= 15 is 0 Å². The summed E-state index contributed by atoms with van der Waals surface area (Å²) in [6, 6.07) is 0. The van der Waals surface area contributed by atoms with Crippen LogP contribution in [0, 0.1) is 5.41 Å². The van der Waals surface area contributed by atoms with Gasteiger partial charge < -0.3 is 15.4 Å². The summed E-state index contributed by atoms with van der Waals surface area (Å²) in [5.41, 5.74) is 6.01. The molecule has 17 heavy (non-hydrogen) atoms. The van der Waals surface area contributed by atoms with Crippen molar-refractivity contribution < 1.29 is 4.74 Å². The second kappa shape index (κ2) is 8.90. The van der Waals surface area contributed by atoms with Crippen LogP contribution in [-0.2, 0) is 4.74 Å². The maximum atomic E-state index is 5.61. The summed E-state index contributed by atoms with van der Waals surface area (Å²) in [5, 5.41) is 0. The molecule has 0 amide bonds. The highest BCUT2D eigenvalue weighted by molar-refractivity contribution is 4.69. The molecule has 0 aliphatic heterocycles. The summed E-state index contributed by atoms with van der Waals surface area (Å²) in [6.07, 6.45) is 3.95. The molecule has 0 fully saturated rings. The second-order valence-corrected chi connectivity index (χ2v) is 6.03. The zero-order chi connectivity index (χ0) is 13.3. The van der Waals surface area contributed by atoms with Gasteiger partial charge in [-0.15, -0.1) is 0 Å². The van der Waals surface area contributed by atoms with Gasteiger partial charge in [0.1, 0.15) is 0 Å². The molecule has 0 heterocycles. The largest absolute Gasteiger partial charge is 0.377 e. The molecular formula is C14H32N2O. The average molecular weight is 244 g/mol. The zero-order valence-electron chi connectivity index (χ0n) is 12.5. The molecule has 0 aromatic rings. The Morgan fingerprint density at radius 3 is 2.35 bits per heavy atom. The molecule has 0 bridgehead atoms. The van der Waals surface area contributed by atoms with Crippen LogP contribution in [0.25, 0.3) is 0 Å². The van der Waals surface area contributed by atoms with E-state index in [1.165, 1.54) is 12.8 Å². The lowest BCUT2D eigenvalue weighted by Crippen LogP contribution is -2.26. The van der Waals surface area contributed by atoms with Gasteiger partial charge in [0.05, 0.1) is 12.7 Å². The molecule has 0 rings (SSSR count). The van der Waals surface area contributed by atoms with Gasteiger partial charge in [-0.1, -0.05) is 13.8 Å². The highest BCUT2D eigenvalue weighted by Gasteiger charge is 2.16. The summed E-state index contributed by atoms with van der Waals surface area (Å²) in [5.74, 6) is 0. The number of likely N-dealkylation sites (N-methyl/N-ethyl adjacent to an activating group) is 1. The Bertz CT molecular complexity index is 181. The zero-order valence-corrected chi connectivity index (χ0v) is 12.5. The van der Waals surface area contributed by atoms with E-state index in [0.717, 1.165) is 32.7 Å². The van der Waals surface area contributed by atoms with Crippen molar-refractivity contribution in [3.8, 4) is 0 Å². The quantitative estimate of drug-likeness (QED) is 0.642. The minimum absolute atomic E-state index is 0.340. The monoisotopic (exact) mass is 244 g/mol. The molecule has 104 valence electrons. The van der Waals surface area contributed by atoms with E-state index in [-0.39, 0.29) is 0 Å². The molecule has 0 spiro atoms. The fourth-order valence-electron chi connectivity index (χ4n) is 1.90. The van der Waals surface area contributed by atoms with E-state index in [0.29, 0.717) is 11.5 Å². The molecule has 0 atom stereocenters.